The van der Waals surface area contributed by atoms with Crippen molar-refractivity contribution in [1.29, 1.82) is 0 Å². The van der Waals surface area contributed by atoms with Gasteiger partial charge in [-0.3, -0.25) is 4.79 Å². The number of carbonyl (C=O) groups is 1. The molecule has 2 fully saturated rings. The molecule has 0 radical (unpaired) electrons. The zero-order valence-corrected chi connectivity index (χ0v) is 14.6. The van der Waals surface area contributed by atoms with Crippen molar-refractivity contribution in [2.75, 3.05) is 19.7 Å². The quantitative estimate of drug-likeness (QED) is 0.903. The average Bonchev–Trinajstić information content (AvgIpc) is 2.63. The molecule has 4 nitrogen and oxygen atoms in total. The molecule has 0 atom stereocenters. The molecule has 1 aliphatic heterocycles. The molecule has 4 heteroatoms. The van der Waals surface area contributed by atoms with Gasteiger partial charge in [0.1, 0.15) is 0 Å². The molecule has 0 bridgehead atoms. The molecule has 0 unspecified atom stereocenters. The van der Waals surface area contributed by atoms with Gasteiger partial charge in [0, 0.05) is 13.1 Å². The molecule has 0 aromatic heterocycles. The molecule has 2 N–H and O–H groups in total. The fourth-order valence-electron chi connectivity index (χ4n) is 3.93. The van der Waals surface area contributed by atoms with Crippen LogP contribution in [-0.2, 0) is 16.0 Å². The second-order valence-electron chi connectivity index (χ2n) is 7.31. The van der Waals surface area contributed by atoms with Crippen LogP contribution in [0.3, 0.4) is 0 Å². The Morgan fingerprint density at radius 1 is 1.12 bits per heavy atom. The fourth-order valence-corrected chi connectivity index (χ4v) is 3.93. The van der Waals surface area contributed by atoms with Gasteiger partial charge < -0.3 is 15.4 Å². The second-order valence-corrected chi connectivity index (χ2v) is 7.31. The number of hydrogen-bond acceptors (Lipinski definition) is 3. The van der Waals surface area contributed by atoms with Crippen LogP contribution in [0.1, 0.15) is 50.5 Å². The minimum Gasteiger partial charge on any atom is -0.378 e. The van der Waals surface area contributed by atoms with Crippen LogP contribution in [-0.4, -0.2) is 42.1 Å². The molecule has 2 aliphatic rings. The molecule has 1 aromatic carbocycles. The largest absolute Gasteiger partial charge is 0.378 e. The number of hydrogen-bond donors (Lipinski definition) is 1. The molecule has 1 aromatic rings. The van der Waals surface area contributed by atoms with Gasteiger partial charge in [-0.2, -0.15) is 0 Å². The number of likely N-dealkylation sites (tertiary alicyclic amines) is 1. The zero-order chi connectivity index (χ0) is 16.8. The van der Waals surface area contributed by atoms with Crippen LogP contribution in [0, 0.1) is 0 Å². The first-order valence-corrected chi connectivity index (χ1v) is 9.41. The van der Waals surface area contributed by atoms with Crippen LogP contribution in [0.2, 0.25) is 0 Å². The Kier molecular flexibility index (Phi) is 5.90. The maximum absolute atomic E-state index is 12.7. The number of piperidine rings is 1. The van der Waals surface area contributed by atoms with Crippen molar-refractivity contribution in [1.82, 2.24) is 4.90 Å². The molecule has 1 amide bonds. The highest BCUT2D eigenvalue weighted by atomic mass is 16.5. The third kappa shape index (κ3) is 4.37. The van der Waals surface area contributed by atoms with E-state index in [1.165, 1.54) is 12.0 Å². The summed E-state index contributed by atoms with van der Waals surface area (Å²) >= 11 is 0. The summed E-state index contributed by atoms with van der Waals surface area (Å²) in [5, 5.41) is 0. The molecule has 0 spiro atoms. The van der Waals surface area contributed by atoms with E-state index in [9.17, 15) is 4.79 Å². The molecule has 1 aliphatic carbocycles. The lowest BCUT2D eigenvalue weighted by Crippen LogP contribution is -2.58. The molecular formula is C20H30N2O2. The van der Waals surface area contributed by atoms with Crippen LogP contribution in [0.25, 0.3) is 0 Å². The van der Waals surface area contributed by atoms with Gasteiger partial charge >= 0.3 is 0 Å². The summed E-state index contributed by atoms with van der Waals surface area (Å²) in [5.41, 5.74) is 7.10. The minimum absolute atomic E-state index is 0.171. The Morgan fingerprint density at radius 3 is 2.46 bits per heavy atom. The lowest BCUT2D eigenvalue weighted by Gasteiger charge is -2.40. The summed E-state index contributed by atoms with van der Waals surface area (Å²) in [5.74, 6) is 0.171. The van der Waals surface area contributed by atoms with Crippen LogP contribution in [0.15, 0.2) is 30.3 Å². The lowest BCUT2D eigenvalue weighted by molar-refractivity contribution is -0.140. The van der Waals surface area contributed by atoms with E-state index in [2.05, 4.69) is 24.3 Å². The topological polar surface area (TPSA) is 55.6 Å². The summed E-state index contributed by atoms with van der Waals surface area (Å²) in [6, 6.07) is 10.4. The van der Waals surface area contributed by atoms with Gasteiger partial charge in [-0.25, -0.2) is 0 Å². The van der Waals surface area contributed by atoms with Crippen molar-refractivity contribution in [2.24, 2.45) is 5.73 Å². The van der Waals surface area contributed by atoms with Gasteiger partial charge in [-0.1, -0.05) is 49.6 Å². The number of amides is 1. The van der Waals surface area contributed by atoms with E-state index in [1.807, 2.05) is 11.0 Å². The highest BCUT2D eigenvalue weighted by molar-refractivity contribution is 5.86. The van der Waals surface area contributed by atoms with Crippen molar-refractivity contribution in [2.45, 2.75) is 63.0 Å². The van der Waals surface area contributed by atoms with Gasteiger partial charge in [-0.05, 0) is 37.7 Å². The SMILES string of the molecule is NC1(C(=O)N2CCC(OCCc3ccccc3)CC2)CCCCC1. The van der Waals surface area contributed by atoms with Crippen LogP contribution >= 0.6 is 0 Å². The Hall–Kier alpha value is -1.39. The van der Waals surface area contributed by atoms with E-state index in [-0.39, 0.29) is 12.0 Å². The number of benzene rings is 1. The van der Waals surface area contributed by atoms with Crippen LogP contribution in [0.5, 0.6) is 0 Å². The maximum atomic E-state index is 12.7. The molecule has 3 rings (SSSR count). The van der Waals surface area contributed by atoms with Crippen molar-refractivity contribution in [3.8, 4) is 0 Å². The first-order valence-electron chi connectivity index (χ1n) is 9.41. The molecule has 24 heavy (non-hydrogen) atoms. The predicted molar refractivity (Wildman–Crippen MR) is 95.7 cm³/mol. The van der Waals surface area contributed by atoms with Gasteiger partial charge in [0.2, 0.25) is 5.91 Å². The maximum Gasteiger partial charge on any atom is 0.242 e. The highest BCUT2D eigenvalue weighted by Crippen LogP contribution is 2.29. The van der Waals surface area contributed by atoms with E-state index in [1.54, 1.807) is 0 Å². The fraction of sp³-hybridized carbons (Fsp3) is 0.650. The van der Waals surface area contributed by atoms with E-state index >= 15 is 0 Å². The Labute approximate surface area is 145 Å². The molecule has 1 saturated heterocycles. The standard InChI is InChI=1S/C20H30N2O2/c21-20(12-5-2-6-13-20)19(23)22-14-9-18(10-15-22)24-16-11-17-7-3-1-4-8-17/h1,3-4,7-8,18H,2,5-6,9-16,21H2. The summed E-state index contributed by atoms with van der Waals surface area (Å²) in [4.78, 5) is 14.7. The normalized spacial score (nSPS) is 21.6. The lowest BCUT2D eigenvalue weighted by atomic mass is 9.81. The summed E-state index contributed by atoms with van der Waals surface area (Å²) in [6.45, 7) is 2.32. The molecule has 132 valence electrons. The average molecular weight is 330 g/mol. The van der Waals surface area contributed by atoms with Gasteiger partial charge in [0.25, 0.3) is 0 Å². The Balaban J connectivity index is 1.40. The van der Waals surface area contributed by atoms with E-state index in [4.69, 9.17) is 10.5 Å². The van der Waals surface area contributed by atoms with E-state index in [0.717, 1.165) is 64.6 Å². The zero-order valence-electron chi connectivity index (χ0n) is 14.6. The van der Waals surface area contributed by atoms with E-state index in [0.29, 0.717) is 0 Å². The minimum atomic E-state index is -0.598. The smallest absolute Gasteiger partial charge is 0.242 e. The second kappa shape index (κ2) is 8.13. The molecular weight excluding hydrogens is 300 g/mol. The van der Waals surface area contributed by atoms with Crippen LogP contribution < -0.4 is 5.73 Å². The monoisotopic (exact) mass is 330 g/mol. The summed E-state index contributed by atoms with van der Waals surface area (Å²) in [6.07, 6.45) is 8.15. The summed E-state index contributed by atoms with van der Waals surface area (Å²) < 4.78 is 6.02. The first-order chi connectivity index (χ1) is 11.7. The molecule has 1 saturated carbocycles. The van der Waals surface area contributed by atoms with Crippen molar-refractivity contribution in [3.63, 3.8) is 0 Å². The van der Waals surface area contributed by atoms with Crippen LogP contribution in [0.4, 0.5) is 0 Å². The number of nitrogens with zero attached hydrogens (tertiary/aromatic N) is 1. The Bertz CT molecular complexity index is 518. The third-order valence-electron chi connectivity index (χ3n) is 5.49. The van der Waals surface area contributed by atoms with Crippen molar-refractivity contribution in [3.05, 3.63) is 35.9 Å². The van der Waals surface area contributed by atoms with Gasteiger partial charge in [-0.15, -0.1) is 0 Å². The third-order valence-corrected chi connectivity index (χ3v) is 5.49. The highest BCUT2D eigenvalue weighted by Gasteiger charge is 2.39. The number of ether oxygens (including phenoxy) is 1. The number of carbonyl (C=O) groups excluding carboxylic acids is 1. The number of rotatable bonds is 5. The van der Waals surface area contributed by atoms with E-state index < -0.39 is 5.54 Å². The van der Waals surface area contributed by atoms with Gasteiger partial charge in [0.05, 0.1) is 18.2 Å². The number of nitrogens with two attached hydrogens (primary N) is 1. The van der Waals surface area contributed by atoms with Crippen molar-refractivity contribution >= 4 is 5.91 Å². The first kappa shape index (κ1) is 17.4. The molecule has 1 heterocycles. The Morgan fingerprint density at radius 2 is 1.79 bits per heavy atom. The van der Waals surface area contributed by atoms with Crippen molar-refractivity contribution < 1.29 is 9.53 Å². The van der Waals surface area contributed by atoms with Gasteiger partial charge in [0.15, 0.2) is 0 Å². The predicted octanol–water partition coefficient (Wildman–Crippen LogP) is 2.90. The summed E-state index contributed by atoms with van der Waals surface area (Å²) in [7, 11) is 0.